The van der Waals surface area contributed by atoms with Crippen molar-refractivity contribution in [3.63, 3.8) is 0 Å². The topological polar surface area (TPSA) is 46.9 Å². The third kappa shape index (κ3) is 2.09. The molecule has 1 aliphatic heterocycles. The fourth-order valence-corrected chi connectivity index (χ4v) is 4.24. The summed E-state index contributed by atoms with van der Waals surface area (Å²) in [6.07, 6.45) is 2.60. The molecule has 0 fully saturated rings. The second kappa shape index (κ2) is 5.34. The molecule has 0 amide bonds. The van der Waals surface area contributed by atoms with E-state index in [0.717, 1.165) is 35.3 Å². The highest BCUT2D eigenvalue weighted by Crippen LogP contribution is 2.30. The lowest BCUT2D eigenvalue weighted by Gasteiger charge is -2.16. The van der Waals surface area contributed by atoms with E-state index in [0.29, 0.717) is 0 Å². The van der Waals surface area contributed by atoms with E-state index in [1.54, 1.807) is 22.2 Å². The molecule has 22 heavy (non-hydrogen) atoms. The Morgan fingerprint density at radius 1 is 1.32 bits per heavy atom. The van der Waals surface area contributed by atoms with Crippen LogP contribution in [0, 0.1) is 0 Å². The van der Waals surface area contributed by atoms with Gasteiger partial charge in [-0.05, 0) is 31.0 Å². The molecule has 1 aromatic carbocycles. The molecule has 4 nitrogen and oxygen atoms in total. The van der Waals surface area contributed by atoms with Crippen molar-refractivity contribution in [3.05, 3.63) is 63.0 Å². The van der Waals surface area contributed by atoms with Crippen LogP contribution in [0.2, 0.25) is 0 Å². The molecule has 0 saturated heterocycles. The minimum atomic E-state index is -0.0112. The number of benzene rings is 1. The van der Waals surface area contributed by atoms with E-state index >= 15 is 0 Å². The van der Waals surface area contributed by atoms with Crippen LogP contribution >= 0.6 is 11.3 Å². The molecular weight excluding hydrogens is 294 g/mol. The Bertz CT molecular complexity index is 882. The van der Waals surface area contributed by atoms with Gasteiger partial charge in [-0.3, -0.25) is 9.36 Å². The Labute approximate surface area is 132 Å². The van der Waals surface area contributed by atoms with Gasteiger partial charge in [0.1, 0.15) is 4.83 Å². The van der Waals surface area contributed by atoms with Crippen molar-refractivity contribution < 1.29 is 0 Å². The van der Waals surface area contributed by atoms with Crippen molar-refractivity contribution in [1.82, 2.24) is 14.9 Å². The minimum Gasteiger partial charge on any atom is -0.312 e. The molecule has 2 aromatic heterocycles. The fraction of sp³-hybridized carbons (Fsp3) is 0.294. The number of nitrogens with one attached hydrogen (secondary N) is 1. The lowest BCUT2D eigenvalue weighted by atomic mass is 10.1. The summed E-state index contributed by atoms with van der Waals surface area (Å²) in [6.45, 7) is 3.83. The molecule has 112 valence electrons. The number of aromatic nitrogens is 2. The van der Waals surface area contributed by atoms with E-state index in [4.69, 9.17) is 0 Å². The van der Waals surface area contributed by atoms with Crippen molar-refractivity contribution >= 4 is 21.6 Å². The fourth-order valence-electron chi connectivity index (χ4n) is 3.10. The summed E-state index contributed by atoms with van der Waals surface area (Å²) in [5, 5.41) is 4.18. The number of hydrogen-bond donors (Lipinski definition) is 1. The predicted octanol–water partition coefficient (Wildman–Crippen LogP) is 2.71. The van der Waals surface area contributed by atoms with Crippen LogP contribution < -0.4 is 10.9 Å². The molecule has 0 aliphatic carbocycles. The van der Waals surface area contributed by atoms with E-state index in [-0.39, 0.29) is 11.6 Å². The molecule has 1 atom stereocenters. The molecule has 3 heterocycles. The van der Waals surface area contributed by atoms with Crippen molar-refractivity contribution in [2.24, 2.45) is 0 Å². The summed E-state index contributed by atoms with van der Waals surface area (Å²) in [7, 11) is 0. The molecule has 1 aliphatic rings. The molecule has 0 saturated carbocycles. The van der Waals surface area contributed by atoms with E-state index in [1.807, 2.05) is 37.3 Å². The second-order valence-electron chi connectivity index (χ2n) is 5.65. The lowest BCUT2D eigenvalue weighted by molar-refractivity contribution is 0.608. The van der Waals surface area contributed by atoms with Gasteiger partial charge in [0.25, 0.3) is 5.56 Å². The molecule has 0 unspecified atom stereocenters. The highest BCUT2D eigenvalue weighted by Gasteiger charge is 2.21. The van der Waals surface area contributed by atoms with Gasteiger partial charge in [0, 0.05) is 11.4 Å². The average Bonchev–Trinajstić information content (AvgIpc) is 2.95. The first kappa shape index (κ1) is 13.7. The highest BCUT2D eigenvalue weighted by atomic mass is 32.1. The minimum absolute atomic E-state index is 0.0112. The second-order valence-corrected chi connectivity index (χ2v) is 6.74. The predicted molar refractivity (Wildman–Crippen MR) is 89.5 cm³/mol. The van der Waals surface area contributed by atoms with E-state index < -0.39 is 0 Å². The van der Waals surface area contributed by atoms with Gasteiger partial charge in [-0.1, -0.05) is 30.3 Å². The average molecular weight is 311 g/mol. The van der Waals surface area contributed by atoms with Gasteiger partial charge in [0.15, 0.2) is 0 Å². The largest absolute Gasteiger partial charge is 0.312 e. The van der Waals surface area contributed by atoms with Gasteiger partial charge >= 0.3 is 0 Å². The number of fused-ring (bicyclic) bond motifs is 3. The first-order valence-electron chi connectivity index (χ1n) is 7.53. The summed E-state index contributed by atoms with van der Waals surface area (Å²) in [5.41, 5.74) is 2.41. The van der Waals surface area contributed by atoms with Crippen LogP contribution in [-0.4, -0.2) is 16.1 Å². The van der Waals surface area contributed by atoms with Gasteiger partial charge in [0.2, 0.25) is 0 Å². The number of rotatable bonds is 2. The molecule has 3 aromatic rings. The Morgan fingerprint density at radius 2 is 2.14 bits per heavy atom. The molecule has 0 spiro atoms. The molecular formula is C17H17N3OS. The van der Waals surface area contributed by atoms with Crippen LogP contribution in [0.15, 0.2) is 41.5 Å². The Hall–Kier alpha value is -1.98. The van der Waals surface area contributed by atoms with Crippen LogP contribution in [-0.2, 0) is 13.0 Å². The first-order valence-corrected chi connectivity index (χ1v) is 8.34. The molecule has 0 radical (unpaired) electrons. The van der Waals surface area contributed by atoms with Gasteiger partial charge in [-0.15, -0.1) is 11.3 Å². The number of nitrogens with zero attached hydrogens (tertiary/aromatic N) is 2. The van der Waals surface area contributed by atoms with Gasteiger partial charge < -0.3 is 5.32 Å². The SMILES string of the molecule is C[C@@H](c1ccccc1)n1cnc2sc3c(c2c1=O)CCNC3. The van der Waals surface area contributed by atoms with Crippen molar-refractivity contribution in [2.75, 3.05) is 6.54 Å². The van der Waals surface area contributed by atoms with Gasteiger partial charge in [-0.25, -0.2) is 4.98 Å². The zero-order valence-electron chi connectivity index (χ0n) is 12.4. The maximum atomic E-state index is 13.0. The Balaban J connectivity index is 1.89. The van der Waals surface area contributed by atoms with Crippen LogP contribution in [0.5, 0.6) is 0 Å². The summed E-state index contributed by atoms with van der Waals surface area (Å²) in [6, 6.07) is 10.1. The molecule has 0 bridgehead atoms. The van der Waals surface area contributed by atoms with Gasteiger partial charge in [0.05, 0.1) is 17.8 Å². The normalized spacial score (nSPS) is 15.7. The number of thiophene rings is 1. The summed E-state index contributed by atoms with van der Waals surface area (Å²) < 4.78 is 1.76. The number of hydrogen-bond acceptors (Lipinski definition) is 4. The molecule has 4 rings (SSSR count). The Morgan fingerprint density at radius 3 is 2.95 bits per heavy atom. The molecule has 1 N–H and O–H groups in total. The maximum absolute atomic E-state index is 13.0. The Kier molecular flexibility index (Phi) is 3.32. The van der Waals surface area contributed by atoms with Crippen molar-refractivity contribution in [1.29, 1.82) is 0 Å². The maximum Gasteiger partial charge on any atom is 0.262 e. The monoisotopic (exact) mass is 311 g/mol. The van der Waals surface area contributed by atoms with Crippen LogP contribution in [0.3, 0.4) is 0 Å². The van der Waals surface area contributed by atoms with Crippen LogP contribution in [0.1, 0.15) is 29.0 Å². The third-order valence-corrected chi connectivity index (χ3v) is 5.50. The summed E-state index contributed by atoms with van der Waals surface area (Å²) in [5.74, 6) is 0. The molecule has 5 heteroatoms. The van der Waals surface area contributed by atoms with Crippen LogP contribution in [0.25, 0.3) is 10.2 Å². The first-order chi connectivity index (χ1) is 10.8. The van der Waals surface area contributed by atoms with E-state index in [2.05, 4.69) is 10.3 Å². The smallest absolute Gasteiger partial charge is 0.262 e. The van der Waals surface area contributed by atoms with Crippen molar-refractivity contribution in [2.45, 2.75) is 25.9 Å². The highest BCUT2D eigenvalue weighted by molar-refractivity contribution is 7.18. The summed E-state index contributed by atoms with van der Waals surface area (Å²) >= 11 is 1.64. The lowest BCUT2D eigenvalue weighted by Crippen LogP contribution is -2.26. The van der Waals surface area contributed by atoms with E-state index in [9.17, 15) is 4.79 Å². The van der Waals surface area contributed by atoms with Gasteiger partial charge in [-0.2, -0.15) is 0 Å². The zero-order chi connectivity index (χ0) is 15.1. The van der Waals surface area contributed by atoms with E-state index in [1.165, 1.54) is 10.4 Å². The zero-order valence-corrected chi connectivity index (χ0v) is 13.2. The third-order valence-electron chi connectivity index (χ3n) is 4.36. The quantitative estimate of drug-likeness (QED) is 0.791. The van der Waals surface area contributed by atoms with Crippen LogP contribution in [0.4, 0.5) is 0 Å². The summed E-state index contributed by atoms with van der Waals surface area (Å²) in [4.78, 5) is 19.7. The standard InChI is InChI=1S/C17H17N3OS/c1-11(12-5-3-2-4-6-12)20-10-19-16-15(17(20)21)13-7-8-18-9-14(13)22-16/h2-6,10-11,18H,7-9H2,1H3/t11-/m0/s1. The van der Waals surface area contributed by atoms with Crippen molar-refractivity contribution in [3.8, 4) is 0 Å².